The predicted molar refractivity (Wildman–Crippen MR) is 123 cm³/mol. The van der Waals surface area contributed by atoms with Crippen molar-refractivity contribution in [2.45, 2.75) is 32.4 Å². The molecular formula is C23H19Cl2N5O2. The van der Waals surface area contributed by atoms with Crippen LogP contribution in [0.1, 0.15) is 38.4 Å². The molecule has 1 amide bonds. The number of hydrogen-bond acceptors (Lipinski definition) is 4. The van der Waals surface area contributed by atoms with Crippen LogP contribution in [0.15, 0.2) is 43.0 Å². The van der Waals surface area contributed by atoms with Crippen molar-refractivity contribution in [2.24, 2.45) is 0 Å². The van der Waals surface area contributed by atoms with Crippen LogP contribution in [0.4, 0.5) is 0 Å². The Morgan fingerprint density at radius 2 is 1.88 bits per heavy atom. The monoisotopic (exact) mass is 467 g/mol. The summed E-state index contributed by atoms with van der Waals surface area (Å²) in [5, 5.41) is 12.1. The number of aldehydes is 1. The molecule has 1 N–H and O–H groups in total. The number of hydrogen-bond donors (Lipinski definition) is 1. The third kappa shape index (κ3) is 3.47. The van der Waals surface area contributed by atoms with E-state index in [1.807, 2.05) is 25.1 Å². The zero-order valence-electron chi connectivity index (χ0n) is 17.2. The number of nitrogens with zero attached hydrogens (tertiary/aromatic N) is 4. The highest BCUT2D eigenvalue weighted by atomic mass is 35.5. The smallest absolute Gasteiger partial charge is 0.254 e. The highest BCUT2D eigenvalue weighted by Crippen LogP contribution is 2.32. The quantitative estimate of drug-likeness (QED) is 0.451. The molecule has 2 aromatic carbocycles. The Morgan fingerprint density at radius 1 is 1.16 bits per heavy atom. The van der Waals surface area contributed by atoms with Crippen LogP contribution >= 0.6 is 23.2 Å². The number of nitrogens with one attached hydrogen (secondary N) is 1. The molecule has 2 aromatic heterocycles. The maximum absolute atomic E-state index is 13.1. The van der Waals surface area contributed by atoms with Gasteiger partial charge in [-0.1, -0.05) is 34.8 Å². The largest absolute Gasteiger partial charge is 0.347 e. The molecule has 0 aliphatic carbocycles. The molecule has 1 atom stereocenters. The SMILES string of the molecule is Cc1ccc2c(c1)c(C=O)c1n2CC(NC(=O)c2c(Cl)cc(-n3cnnc3)cc2Cl)CC1. The molecule has 1 aliphatic heterocycles. The Hall–Kier alpha value is -3.16. The molecule has 9 heteroatoms. The summed E-state index contributed by atoms with van der Waals surface area (Å²) < 4.78 is 3.79. The van der Waals surface area contributed by atoms with E-state index in [1.54, 1.807) is 16.7 Å². The maximum Gasteiger partial charge on any atom is 0.254 e. The number of aromatic nitrogens is 4. The Kier molecular flexibility index (Phi) is 5.23. The molecule has 32 heavy (non-hydrogen) atoms. The first-order valence-electron chi connectivity index (χ1n) is 10.2. The second-order valence-electron chi connectivity index (χ2n) is 7.97. The summed E-state index contributed by atoms with van der Waals surface area (Å²) in [5.41, 5.74) is 4.76. The van der Waals surface area contributed by atoms with Crippen LogP contribution in [-0.2, 0) is 13.0 Å². The topological polar surface area (TPSA) is 81.8 Å². The molecule has 162 valence electrons. The summed E-state index contributed by atoms with van der Waals surface area (Å²) in [6.07, 6.45) is 5.40. The second kappa shape index (κ2) is 8.07. The standard InChI is InChI=1S/C23H19Cl2N5O2/c1-13-2-4-20-16(6-13)17(10-31)21-5-3-14(9-30(20)21)28-23(32)22-18(24)7-15(8-19(22)25)29-11-26-27-12-29/h2,4,6-8,10-12,14H,3,5,9H2,1H3,(H,28,32). The van der Waals surface area contributed by atoms with Crippen molar-refractivity contribution in [3.63, 3.8) is 0 Å². The minimum absolute atomic E-state index is 0.115. The molecule has 3 heterocycles. The maximum atomic E-state index is 13.1. The van der Waals surface area contributed by atoms with Gasteiger partial charge in [-0.25, -0.2) is 0 Å². The highest BCUT2D eigenvalue weighted by Gasteiger charge is 2.27. The first-order valence-corrected chi connectivity index (χ1v) is 10.9. The second-order valence-corrected chi connectivity index (χ2v) is 8.79. The van der Waals surface area contributed by atoms with Gasteiger partial charge in [-0.2, -0.15) is 0 Å². The van der Waals surface area contributed by atoms with E-state index in [1.165, 1.54) is 12.7 Å². The van der Waals surface area contributed by atoms with Gasteiger partial charge in [0.1, 0.15) is 12.7 Å². The lowest BCUT2D eigenvalue weighted by Crippen LogP contribution is -2.41. The number of benzene rings is 2. The van der Waals surface area contributed by atoms with Crippen molar-refractivity contribution in [2.75, 3.05) is 0 Å². The molecule has 1 unspecified atom stereocenters. The Morgan fingerprint density at radius 3 is 2.56 bits per heavy atom. The van der Waals surface area contributed by atoms with E-state index in [-0.39, 0.29) is 27.6 Å². The molecule has 0 saturated heterocycles. The van der Waals surface area contributed by atoms with E-state index in [0.717, 1.165) is 40.4 Å². The summed E-state index contributed by atoms with van der Waals surface area (Å²) in [6.45, 7) is 2.58. The lowest BCUT2D eigenvalue weighted by atomic mass is 10.0. The minimum atomic E-state index is -0.327. The van der Waals surface area contributed by atoms with E-state index in [2.05, 4.69) is 20.1 Å². The number of carbonyl (C=O) groups excluding carboxylic acids is 2. The highest BCUT2D eigenvalue weighted by molar-refractivity contribution is 6.40. The lowest BCUT2D eigenvalue weighted by molar-refractivity contribution is 0.0927. The Labute approximate surface area is 194 Å². The van der Waals surface area contributed by atoms with E-state index in [0.29, 0.717) is 18.7 Å². The minimum Gasteiger partial charge on any atom is -0.347 e. The van der Waals surface area contributed by atoms with Crippen molar-refractivity contribution >= 4 is 46.3 Å². The molecule has 0 radical (unpaired) electrons. The Balaban J connectivity index is 1.41. The van der Waals surface area contributed by atoms with Crippen molar-refractivity contribution in [1.82, 2.24) is 24.6 Å². The number of fused-ring (bicyclic) bond motifs is 3. The molecular weight excluding hydrogens is 449 g/mol. The third-order valence-electron chi connectivity index (χ3n) is 5.93. The summed E-state index contributed by atoms with van der Waals surface area (Å²) in [7, 11) is 0. The van der Waals surface area contributed by atoms with Gasteiger partial charge < -0.3 is 9.88 Å². The van der Waals surface area contributed by atoms with Gasteiger partial charge in [0, 0.05) is 34.7 Å². The van der Waals surface area contributed by atoms with Crippen LogP contribution in [0.3, 0.4) is 0 Å². The molecule has 0 fully saturated rings. The van der Waals surface area contributed by atoms with Gasteiger partial charge in [0.05, 0.1) is 21.3 Å². The van der Waals surface area contributed by atoms with Gasteiger partial charge in [0.15, 0.2) is 6.29 Å². The molecule has 4 aromatic rings. The number of rotatable bonds is 4. The van der Waals surface area contributed by atoms with Crippen molar-refractivity contribution in [3.05, 3.63) is 75.4 Å². The molecule has 7 nitrogen and oxygen atoms in total. The molecule has 5 rings (SSSR count). The van der Waals surface area contributed by atoms with Gasteiger partial charge >= 0.3 is 0 Å². The van der Waals surface area contributed by atoms with E-state index < -0.39 is 0 Å². The zero-order valence-corrected chi connectivity index (χ0v) is 18.7. The summed E-state index contributed by atoms with van der Waals surface area (Å²) >= 11 is 12.8. The molecule has 1 aliphatic rings. The van der Waals surface area contributed by atoms with Crippen molar-refractivity contribution in [3.8, 4) is 5.69 Å². The Bertz CT molecular complexity index is 1340. The fraction of sp³-hybridized carbons (Fsp3) is 0.217. The number of aryl methyl sites for hydroxylation is 1. The van der Waals surface area contributed by atoms with Crippen LogP contribution in [0.25, 0.3) is 16.6 Å². The first-order chi connectivity index (χ1) is 15.5. The van der Waals surface area contributed by atoms with Gasteiger partial charge in [-0.3, -0.25) is 14.2 Å². The number of amides is 1. The third-order valence-corrected chi connectivity index (χ3v) is 6.52. The zero-order chi connectivity index (χ0) is 22.4. The van der Waals surface area contributed by atoms with Crippen molar-refractivity contribution < 1.29 is 9.59 Å². The van der Waals surface area contributed by atoms with Gasteiger partial charge in [-0.05, 0) is 44.0 Å². The normalized spacial score (nSPS) is 15.5. The summed E-state index contributed by atoms with van der Waals surface area (Å²) in [4.78, 5) is 24.8. The first kappa shape index (κ1) is 20.7. The molecule has 0 spiro atoms. The predicted octanol–water partition coefficient (Wildman–Crippen LogP) is 4.39. The fourth-order valence-corrected chi connectivity index (χ4v) is 5.06. The average molecular weight is 468 g/mol. The van der Waals surface area contributed by atoms with Crippen LogP contribution in [-0.4, -0.2) is 37.6 Å². The fourth-order valence-electron chi connectivity index (χ4n) is 4.41. The van der Waals surface area contributed by atoms with Crippen LogP contribution < -0.4 is 5.32 Å². The summed E-state index contributed by atoms with van der Waals surface area (Å²) in [5.74, 6) is -0.327. The van der Waals surface area contributed by atoms with E-state index >= 15 is 0 Å². The number of halogens is 2. The molecule has 0 bridgehead atoms. The van der Waals surface area contributed by atoms with Crippen LogP contribution in [0.2, 0.25) is 10.0 Å². The van der Waals surface area contributed by atoms with Gasteiger partial charge in [-0.15, -0.1) is 10.2 Å². The average Bonchev–Trinajstić information content (AvgIpc) is 3.39. The van der Waals surface area contributed by atoms with E-state index in [9.17, 15) is 9.59 Å². The number of carbonyl (C=O) groups is 2. The van der Waals surface area contributed by atoms with Crippen molar-refractivity contribution in [1.29, 1.82) is 0 Å². The lowest BCUT2D eigenvalue weighted by Gasteiger charge is -2.27. The molecule has 0 saturated carbocycles. The van der Waals surface area contributed by atoms with E-state index in [4.69, 9.17) is 23.2 Å². The van der Waals surface area contributed by atoms with Gasteiger partial charge in [0.2, 0.25) is 0 Å². The van der Waals surface area contributed by atoms with Crippen LogP contribution in [0.5, 0.6) is 0 Å². The van der Waals surface area contributed by atoms with Crippen LogP contribution in [0, 0.1) is 6.92 Å². The van der Waals surface area contributed by atoms with Gasteiger partial charge in [0.25, 0.3) is 5.91 Å². The summed E-state index contributed by atoms with van der Waals surface area (Å²) in [6, 6.07) is 9.29.